The number of benzene rings is 1. The number of hydrogen-bond donors (Lipinski definition) is 0. The van der Waals surface area contributed by atoms with Crippen LogP contribution in [0.2, 0.25) is 0 Å². The third-order valence-corrected chi connectivity index (χ3v) is 2.70. The van der Waals surface area contributed by atoms with Crippen LogP contribution in [0.5, 0.6) is 0 Å². The van der Waals surface area contributed by atoms with Crippen LogP contribution in [-0.2, 0) is 12.3 Å². The van der Waals surface area contributed by atoms with Gasteiger partial charge in [-0.15, -0.1) is 11.6 Å². The molecule has 0 amide bonds. The molecule has 1 aromatic carbocycles. The molecule has 0 aromatic heterocycles. The van der Waals surface area contributed by atoms with E-state index in [4.69, 9.17) is 11.6 Å². The fourth-order valence-electron chi connectivity index (χ4n) is 1.16. The maximum Gasteiger partial charge on any atom is 0.127 e. The Labute approximate surface area is 91.2 Å². The van der Waals surface area contributed by atoms with Crippen molar-refractivity contribution in [1.29, 1.82) is 0 Å². The number of rotatable bonds is 4. The third-order valence-electron chi connectivity index (χ3n) is 1.85. The standard InChI is InChI=1S/C10H11BrClF/c11-5-1-2-8-3-4-10(13)9(6-8)7-12/h3-4,6H,1-2,5,7H2. The van der Waals surface area contributed by atoms with E-state index in [2.05, 4.69) is 15.9 Å². The van der Waals surface area contributed by atoms with Gasteiger partial charge in [0.25, 0.3) is 0 Å². The molecule has 0 heterocycles. The SMILES string of the molecule is Fc1ccc(CCCBr)cc1CCl. The van der Waals surface area contributed by atoms with Crippen LogP contribution in [0.25, 0.3) is 0 Å². The molecule has 0 atom stereocenters. The molecular weight excluding hydrogens is 254 g/mol. The first-order valence-electron chi connectivity index (χ1n) is 4.17. The highest BCUT2D eigenvalue weighted by molar-refractivity contribution is 9.09. The van der Waals surface area contributed by atoms with Crippen LogP contribution in [0.15, 0.2) is 18.2 Å². The molecule has 1 rings (SSSR count). The van der Waals surface area contributed by atoms with E-state index in [1.165, 1.54) is 6.07 Å². The highest BCUT2D eigenvalue weighted by atomic mass is 79.9. The van der Waals surface area contributed by atoms with Crippen LogP contribution in [-0.4, -0.2) is 5.33 Å². The predicted molar refractivity (Wildman–Crippen MR) is 58.1 cm³/mol. The zero-order valence-electron chi connectivity index (χ0n) is 7.19. The fourth-order valence-corrected chi connectivity index (χ4v) is 1.64. The van der Waals surface area contributed by atoms with Gasteiger partial charge in [0.2, 0.25) is 0 Å². The minimum Gasteiger partial charge on any atom is -0.207 e. The molecule has 0 saturated carbocycles. The van der Waals surface area contributed by atoms with Crippen molar-refractivity contribution in [3.8, 4) is 0 Å². The summed E-state index contributed by atoms with van der Waals surface area (Å²) in [6.07, 6.45) is 2.03. The Morgan fingerprint density at radius 3 is 2.77 bits per heavy atom. The second kappa shape index (κ2) is 5.61. The van der Waals surface area contributed by atoms with Crippen molar-refractivity contribution >= 4 is 27.5 Å². The van der Waals surface area contributed by atoms with Crippen LogP contribution in [0.1, 0.15) is 17.5 Å². The van der Waals surface area contributed by atoms with Crippen molar-refractivity contribution < 1.29 is 4.39 Å². The number of halogens is 3. The molecule has 0 spiro atoms. The van der Waals surface area contributed by atoms with Gasteiger partial charge in [-0.1, -0.05) is 28.1 Å². The van der Waals surface area contributed by atoms with E-state index < -0.39 is 0 Å². The molecule has 3 heteroatoms. The Hall–Kier alpha value is -0.0800. The number of aryl methyl sites for hydroxylation is 1. The van der Waals surface area contributed by atoms with E-state index in [0.29, 0.717) is 5.56 Å². The van der Waals surface area contributed by atoms with Gasteiger partial charge in [0.15, 0.2) is 0 Å². The van der Waals surface area contributed by atoms with E-state index >= 15 is 0 Å². The normalized spacial score (nSPS) is 10.4. The van der Waals surface area contributed by atoms with Crippen LogP contribution < -0.4 is 0 Å². The fraction of sp³-hybridized carbons (Fsp3) is 0.400. The highest BCUT2D eigenvalue weighted by Crippen LogP contribution is 2.14. The van der Waals surface area contributed by atoms with Gasteiger partial charge in [-0.3, -0.25) is 0 Å². The summed E-state index contributed by atoms with van der Waals surface area (Å²) in [6.45, 7) is 0. The Morgan fingerprint density at radius 2 is 2.15 bits per heavy atom. The Bertz CT molecular complexity index is 276. The first-order valence-corrected chi connectivity index (χ1v) is 5.82. The molecule has 0 nitrogen and oxygen atoms in total. The van der Waals surface area contributed by atoms with Gasteiger partial charge < -0.3 is 0 Å². The minimum atomic E-state index is -0.211. The van der Waals surface area contributed by atoms with E-state index in [0.717, 1.165) is 23.7 Å². The molecule has 0 aliphatic carbocycles. The summed E-state index contributed by atoms with van der Waals surface area (Å²) in [7, 11) is 0. The van der Waals surface area contributed by atoms with Gasteiger partial charge in [-0.25, -0.2) is 4.39 Å². The van der Waals surface area contributed by atoms with E-state index in [1.807, 2.05) is 12.1 Å². The van der Waals surface area contributed by atoms with Gasteiger partial charge in [0.1, 0.15) is 5.82 Å². The lowest BCUT2D eigenvalue weighted by Gasteiger charge is -2.03. The number of alkyl halides is 2. The molecule has 72 valence electrons. The Morgan fingerprint density at radius 1 is 1.38 bits per heavy atom. The van der Waals surface area contributed by atoms with Crippen molar-refractivity contribution in [3.63, 3.8) is 0 Å². The highest BCUT2D eigenvalue weighted by Gasteiger charge is 2.01. The molecular formula is C10H11BrClF. The molecule has 0 aliphatic rings. The summed E-state index contributed by atoms with van der Waals surface area (Å²) < 4.78 is 13.0. The van der Waals surface area contributed by atoms with Gasteiger partial charge in [-0.05, 0) is 24.5 Å². The molecule has 0 N–H and O–H groups in total. The smallest absolute Gasteiger partial charge is 0.127 e. The largest absolute Gasteiger partial charge is 0.207 e. The second-order valence-corrected chi connectivity index (χ2v) is 3.91. The summed E-state index contributed by atoms with van der Waals surface area (Å²) in [6, 6.07) is 5.14. The zero-order chi connectivity index (χ0) is 9.68. The zero-order valence-corrected chi connectivity index (χ0v) is 9.54. The van der Waals surface area contributed by atoms with E-state index in [1.54, 1.807) is 0 Å². The van der Waals surface area contributed by atoms with Crippen molar-refractivity contribution in [2.45, 2.75) is 18.7 Å². The molecule has 0 aliphatic heterocycles. The van der Waals surface area contributed by atoms with Gasteiger partial charge >= 0.3 is 0 Å². The molecule has 0 radical (unpaired) electrons. The number of hydrogen-bond acceptors (Lipinski definition) is 0. The average molecular weight is 266 g/mol. The average Bonchev–Trinajstić information content (AvgIpc) is 2.16. The lowest BCUT2D eigenvalue weighted by molar-refractivity contribution is 0.616. The molecule has 0 fully saturated rings. The van der Waals surface area contributed by atoms with Crippen molar-refractivity contribution in [2.24, 2.45) is 0 Å². The summed E-state index contributed by atoms with van der Waals surface area (Å²) >= 11 is 8.95. The summed E-state index contributed by atoms with van der Waals surface area (Å²) in [5, 5.41) is 0.973. The van der Waals surface area contributed by atoms with Crippen molar-refractivity contribution in [3.05, 3.63) is 35.1 Å². The first kappa shape index (κ1) is 11.0. The van der Waals surface area contributed by atoms with Crippen molar-refractivity contribution in [1.82, 2.24) is 0 Å². The first-order chi connectivity index (χ1) is 6.27. The van der Waals surface area contributed by atoms with Crippen LogP contribution in [0, 0.1) is 5.82 Å². The summed E-state index contributed by atoms with van der Waals surface area (Å²) in [5.41, 5.74) is 1.74. The minimum absolute atomic E-state index is 0.211. The topological polar surface area (TPSA) is 0 Å². The maximum atomic E-state index is 13.0. The van der Waals surface area contributed by atoms with Crippen molar-refractivity contribution in [2.75, 3.05) is 5.33 Å². The molecule has 0 bridgehead atoms. The van der Waals surface area contributed by atoms with E-state index in [9.17, 15) is 4.39 Å². The lowest BCUT2D eigenvalue weighted by Crippen LogP contribution is -1.91. The molecule has 13 heavy (non-hydrogen) atoms. The Balaban J connectivity index is 2.74. The summed E-state index contributed by atoms with van der Waals surface area (Å²) in [4.78, 5) is 0. The quantitative estimate of drug-likeness (QED) is 0.725. The molecule has 1 aromatic rings. The molecule has 0 saturated heterocycles. The molecule has 0 unspecified atom stereocenters. The van der Waals surface area contributed by atoms with Crippen LogP contribution in [0.3, 0.4) is 0 Å². The van der Waals surface area contributed by atoms with Crippen LogP contribution in [0.4, 0.5) is 4.39 Å². The van der Waals surface area contributed by atoms with Gasteiger partial charge in [-0.2, -0.15) is 0 Å². The van der Waals surface area contributed by atoms with Crippen LogP contribution >= 0.6 is 27.5 Å². The second-order valence-electron chi connectivity index (χ2n) is 2.85. The monoisotopic (exact) mass is 264 g/mol. The predicted octanol–water partition coefficient (Wildman–Crippen LogP) is 3.89. The third kappa shape index (κ3) is 3.28. The van der Waals surface area contributed by atoms with E-state index in [-0.39, 0.29) is 11.7 Å². The van der Waals surface area contributed by atoms with Gasteiger partial charge in [0, 0.05) is 10.9 Å². The maximum absolute atomic E-state index is 13.0. The summed E-state index contributed by atoms with van der Waals surface area (Å²) in [5.74, 6) is 0.0335. The lowest BCUT2D eigenvalue weighted by atomic mass is 10.1. The Kier molecular flexibility index (Phi) is 4.74. The van der Waals surface area contributed by atoms with Gasteiger partial charge in [0.05, 0.1) is 5.88 Å².